The average Bonchev–Trinajstić information content (AvgIpc) is 2.92. The van der Waals surface area contributed by atoms with Crippen LogP contribution in [0, 0.1) is 0 Å². The number of aromatic nitrogens is 4. The highest BCUT2D eigenvalue weighted by Gasteiger charge is 2.26. The first-order valence-electron chi connectivity index (χ1n) is 6.10. The Labute approximate surface area is 118 Å². The van der Waals surface area contributed by atoms with E-state index < -0.39 is 5.97 Å². The van der Waals surface area contributed by atoms with Crippen molar-refractivity contribution in [3.8, 4) is 5.75 Å². The zero-order chi connectivity index (χ0) is 13.9. The summed E-state index contributed by atoms with van der Waals surface area (Å²) in [4.78, 5) is 10.7. The molecular weight excluding hydrogens is 280 g/mol. The summed E-state index contributed by atoms with van der Waals surface area (Å²) in [6.07, 6.45) is 0.753. The lowest BCUT2D eigenvalue weighted by Crippen LogP contribution is -2.22. The van der Waals surface area contributed by atoms with Crippen molar-refractivity contribution in [1.29, 1.82) is 0 Å². The maximum atomic E-state index is 10.7. The van der Waals surface area contributed by atoms with Gasteiger partial charge in [0.25, 0.3) is 0 Å². The van der Waals surface area contributed by atoms with Crippen LogP contribution in [-0.2, 0) is 4.79 Å². The fraction of sp³-hybridized carbons (Fsp3) is 0.333. The van der Waals surface area contributed by atoms with E-state index in [0.29, 0.717) is 11.8 Å². The summed E-state index contributed by atoms with van der Waals surface area (Å²) < 4.78 is 7.28. The van der Waals surface area contributed by atoms with Crippen LogP contribution in [0.2, 0.25) is 0 Å². The van der Waals surface area contributed by atoms with E-state index in [1.807, 2.05) is 24.3 Å². The molecule has 1 aliphatic rings. The topological polar surface area (TPSA) is 90.1 Å². The van der Waals surface area contributed by atoms with Crippen molar-refractivity contribution in [1.82, 2.24) is 20.2 Å². The molecular formula is C12H12N4O3S. The molecule has 0 spiro atoms. The number of carbonyl (C=O) groups is 1. The van der Waals surface area contributed by atoms with Crippen LogP contribution in [0.1, 0.15) is 18.0 Å². The largest absolute Gasteiger partial charge is 0.493 e. The number of nitrogens with zero attached hydrogens (tertiary/aromatic N) is 4. The summed E-state index contributed by atoms with van der Waals surface area (Å²) in [5, 5.41) is 20.8. The SMILES string of the molecule is O=C(O)CSc1nnnn1C1CCOc2ccccc21. The van der Waals surface area contributed by atoms with Crippen LogP contribution < -0.4 is 4.74 Å². The summed E-state index contributed by atoms with van der Waals surface area (Å²) in [5.41, 5.74) is 1.02. The number of carboxylic acid groups (broad SMARTS) is 1. The van der Waals surface area contributed by atoms with Crippen LogP contribution in [0.15, 0.2) is 29.4 Å². The van der Waals surface area contributed by atoms with Gasteiger partial charge >= 0.3 is 5.97 Å². The van der Waals surface area contributed by atoms with Crippen LogP contribution in [0.25, 0.3) is 0 Å². The van der Waals surface area contributed by atoms with E-state index in [4.69, 9.17) is 9.84 Å². The Bertz CT molecular complexity index is 631. The number of tetrazole rings is 1. The fourth-order valence-corrected chi connectivity index (χ4v) is 2.82. The molecule has 0 saturated carbocycles. The zero-order valence-corrected chi connectivity index (χ0v) is 11.3. The van der Waals surface area contributed by atoms with Gasteiger partial charge in [-0.15, -0.1) is 5.10 Å². The summed E-state index contributed by atoms with van der Waals surface area (Å²) in [6, 6.07) is 7.73. The lowest BCUT2D eigenvalue weighted by atomic mass is 10.0. The monoisotopic (exact) mass is 292 g/mol. The van der Waals surface area contributed by atoms with Gasteiger partial charge in [0, 0.05) is 12.0 Å². The van der Waals surface area contributed by atoms with Gasteiger partial charge in [0.15, 0.2) is 0 Å². The Morgan fingerprint density at radius 1 is 1.50 bits per heavy atom. The van der Waals surface area contributed by atoms with Crippen molar-refractivity contribution >= 4 is 17.7 Å². The molecule has 1 atom stereocenters. The number of carboxylic acids is 1. The molecule has 7 nitrogen and oxygen atoms in total. The molecule has 8 heteroatoms. The third-order valence-electron chi connectivity index (χ3n) is 3.01. The van der Waals surface area contributed by atoms with Gasteiger partial charge in [-0.25, -0.2) is 4.68 Å². The third-order valence-corrected chi connectivity index (χ3v) is 3.93. The number of hydrogen-bond acceptors (Lipinski definition) is 6. The molecule has 1 aromatic heterocycles. The molecule has 1 aliphatic heterocycles. The van der Waals surface area contributed by atoms with Gasteiger partial charge < -0.3 is 9.84 Å². The van der Waals surface area contributed by atoms with E-state index in [1.54, 1.807) is 4.68 Å². The van der Waals surface area contributed by atoms with E-state index in [-0.39, 0.29) is 11.8 Å². The van der Waals surface area contributed by atoms with Crippen molar-refractivity contribution in [3.05, 3.63) is 29.8 Å². The van der Waals surface area contributed by atoms with Gasteiger partial charge in [-0.2, -0.15) is 0 Å². The lowest BCUT2D eigenvalue weighted by molar-refractivity contribution is -0.133. The van der Waals surface area contributed by atoms with E-state index in [2.05, 4.69) is 15.5 Å². The van der Waals surface area contributed by atoms with Crippen molar-refractivity contribution in [2.75, 3.05) is 12.4 Å². The first-order valence-corrected chi connectivity index (χ1v) is 7.08. The minimum absolute atomic E-state index is 0.0220. The van der Waals surface area contributed by atoms with E-state index in [0.717, 1.165) is 29.5 Å². The molecule has 0 amide bonds. The molecule has 1 N–H and O–H groups in total. The molecule has 2 heterocycles. The van der Waals surface area contributed by atoms with Crippen molar-refractivity contribution in [3.63, 3.8) is 0 Å². The number of rotatable bonds is 4. The van der Waals surface area contributed by atoms with Gasteiger partial charge in [-0.05, 0) is 16.5 Å². The molecule has 3 rings (SSSR count). The normalized spacial score (nSPS) is 17.3. The van der Waals surface area contributed by atoms with Gasteiger partial charge in [0.2, 0.25) is 5.16 Å². The van der Waals surface area contributed by atoms with E-state index >= 15 is 0 Å². The highest BCUT2D eigenvalue weighted by molar-refractivity contribution is 7.99. The number of para-hydroxylation sites is 1. The Hall–Kier alpha value is -2.09. The number of aliphatic carboxylic acids is 1. The second-order valence-corrected chi connectivity index (χ2v) is 5.22. The molecule has 0 radical (unpaired) electrons. The Morgan fingerprint density at radius 2 is 2.35 bits per heavy atom. The van der Waals surface area contributed by atoms with Crippen LogP contribution >= 0.6 is 11.8 Å². The van der Waals surface area contributed by atoms with E-state index in [9.17, 15) is 4.79 Å². The minimum Gasteiger partial charge on any atom is -0.493 e. The number of benzene rings is 1. The predicted octanol–water partition coefficient (Wildman–Crippen LogP) is 1.22. The quantitative estimate of drug-likeness (QED) is 0.847. The molecule has 0 saturated heterocycles. The van der Waals surface area contributed by atoms with Crippen molar-refractivity contribution < 1.29 is 14.6 Å². The fourth-order valence-electron chi connectivity index (χ4n) is 2.18. The van der Waals surface area contributed by atoms with Crippen LogP contribution in [0.5, 0.6) is 5.75 Å². The summed E-state index contributed by atoms with van der Waals surface area (Å²) in [7, 11) is 0. The minimum atomic E-state index is -0.892. The van der Waals surface area contributed by atoms with Crippen LogP contribution in [0.4, 0.5) is 0 Å². The summed E-state index contributed by atoms with van der Waals surface area (Å²) >= 11 is 1.12. The Kier molecular flexibility index (Phi) is 3.55. The number of fused-ring (bicyclic) bond motifs is 1. The molecule has 1 unspecified atom stereocenters. The molecule has 0 fully saturated rings. The first kappa shape index (κ1) is 12.9. The lowest BCUT2D eigenvalue weighted by Gasteiger charge is -2.25. The molecule has 0 bridgehead atoms. The average molecular weight is 292 g/mol. The Morgan fingerprint density at radius 3 is 3.20 bits per heavy atom. The van der Waals surface area contributed by atoms with Crippen molar-refractivity contribution in [2.24, 2.45) is 0 Å². The van der Waals surface area contributed by atoms with Gasteiger partial charge in [0.1, 0.15) is 5.75 Å². The molecule has 20 heavy (non-hydrogen) atoms. The molecule has 2 aromatic rings. The smallest absolute Gasteiger partial charge is 0.313 e. The zero-order valence-electron chi connectivity index (χ0n) is 10.5. The molecule has 1 aromatic carbocycles. The van der Waals surface area contributed by atoms with Crippen LogP contribution in [-0.4, -0.2) is 43.6 Å². The maximum absolute atomic E-state index is 10.7. The van der Waals surface area contributed by atoms with Crippen molar-refractivity contribution in [2.45, 2.75) is 17.6 Å². The Balaban J connectivity index is 1.91. The molecule has 104 valence electrons. The maximum Gasteiger partial charge on any atom is 0.313 e. The summed E-state index contributed by atoms with van der Waals surface area (Å²) in [6.45, 7) is 0.588. The van der Waals surface area contributed by atoms with Gasteiger partial charge in [-0.1, -0.05) is 30.0 Å². The highest BCUT2D eigenvalue weighted by atomic mass is 32.2. The number of thioether (sulfide) groups is 1. The molecule has 0 aliphatic carbocycles. The number of hydrogen-bond donors (Lipinski definition) is 1. The second-order valence-electron chi connectivity index (χ2n) is 4.28. The highest BCUT2D eigenvalue weighted by Crippen LogP contribution is 2.35. The summed E-state index contributed by atoms with van der Waals surface area (Å²) in [5.74, 6) is -0.129. The van der Waals surface area contributed by atoms with Gasteiger partial charge in [-0.3, -0.25) is 4.79 Å². The second kappa shape index (κ2) is 5.49. The first-order chi connectivity index (χ1) is 9.75. The van der Waals surface area contributed by atoms with Gasteiger partial charge in [0.05, 0.1) is 18.4 Å². The number of ether oxygens (including phenoxy) is 1. The van der Waals surface area contributed by atoms with Crippen LogP contribution in [0.3, 0.4) is 0 Å². The van der Waals surface area contributed by atoms with E-state index in [1.165, 1.54) is 0 Å². The predicted molar refractivity (Wildman–Crippen MR) is 70.9 cm³/mol. The standard InChI is InChI=1S/C12H12N4O3S/c17-11(18)7-20-12-13-14-15-16(12)9-5-6-19-10-4-2-1-3-8(9)10/h1-4,9H,5-7H2,(H,17,18). The third kappa shape index (κ3) is 2.46.